The molecule has 15 heavy (non-hydrogen) atoms. The van der Waals surface area contributed by atoms with Crippen molar-refractivity contribution >= 4 is 11.8 Å². The van der Waals surface area contributed by atoms with E-state index < -0.39 is 0 Å². The second-order valence-corrected chi connectivity index (χ2v) is 4.69. The summed E-state index contributed by atoms with van der Waals surface area (Å²) in [5.74, 6) is 2.85. The Kier molecular flexibility index (Phi) is 2.13. The summed E-state index contributed by atoms with van der Waals surface area (Å²) >= 11 is 0. The van der Waals surface area contributed by atoms with Crippen LogP contribution >= 0.6 is 0 Å². The van der Waals surface area contributed by atoms with Crippen molar-refractivity contribution in [3.05, 3.63) is 29.5 Å². The van der Waals surface area contributed by atoms with E-state index in [2.05, 4.69) is 10.9 Å². The largest absolute Gasteiger partial charge is 0.328 e. The van der Waals surface area contributed by atoms with E-state index in [1.165, 1.54) is 0 Å². The molecule has 0 aromatic heterocycles. The molecule has 0 saturated carbocycles. The minimum atomic E-state index is -0.156. The van der Waals surface area contributed by atoms with E-state index >= 15 is 0 Å². The molecule has 3 nitrogen and oxygen atoms in total. The zero-order chi connectivity index (χ0) is 11.1. The van der Waals surface area contributed by atoms with Gasteiger partial charge in [0.05, 0.1) is 17.8 Å². The standard InChI is InChI=1S/C12H14N2O/c1-12(2,3)14-8-10-9(11(14)15)6-4-5-7-13-10/h4-6H,8H2,1-3H3. The highest BCUT2D eigenvalue weighted by molar-refractivity contribution is 6.00. The number of hydrogen-bond donors (Lipinski definition) is 0. The third-order valence-electron chi connectivity index (χ3n) is 2.54. The van der Waals surface area contributed by atoms with Crippen LogP contribution in [0.15, 0.2) is 34.5 Å². The quantitative estimate of drug-likeness (QED) is 0.588. The van der Waals surface area contributed by atoms with E-state index in [0.29, 0.717) is 12.1 Å². The number of carbonyl (C=O) groups excluding carboxylic acids is 1. The van der Waals surface area contributed by atoms with Crippen LogP contribution in [0.5, 0.6) is 0 Å². The van der Waals surface area contributed by atoms with Crippen LogP contribution in [0, 0.1) is 0 Å². The maximum atomic E-state index is 12.1. The lowest BCUT2D eigenvalue weighted by molar-refractivity contribution is -0.129. The van der Waals surface area contributed by atoms with Crippen molar-refractivity contribution in [3.8, 4) is 0 Å². The first-order valence-corrected chi connectivity index (χ1v) is 5.01. The average Bonchev–Trinajstić information content (AvgIpc) is 2.36. The number of carbonyl (C=O) groups is 1. The van der Waals surface area contributed by atoms with Crippen molar-refractivity contribution in [2.75, 3.05) is 6.54 Å². The molecule has 2 heterocycles. The molecular weight excluding hydrogens is 188 g/mol. The molecule has 0 radical (unpaired) electrons. The summed E-state index contributed by atoms with van der Waals surface area (Å²) < 4.78 is 0. The molecule has 0 N–H and O–H groups in total. The molecule has 0 bridgehead atoms. The summed E-state index contributed by atoms with van der Waals surface area (Å²) in [4.78, 5) is 18.0. The molecule has 2 aliphatic heterocycles. The van der Waals surface area contributed by atoms with E-state index in [1.54, 1.807) is 12.2 Å². The highest BCUT2D eigenvalue weighted by Gasteiger charge is 2.35. The maximum absolute atomic E-state index is 12.1. The van der Waals surface area contributed by atoms with E-state index in [0.717, 1.165) is 5.70 Å². The molecule has 0 aliphatic carbocycles. The molecule has 2 rings (SSSR count). The zero-order valence-corrected chi connectivity index (χ0v) is 9.24. The molecule has 0 unspecified atom stereocenters. The normalized spacial score (nSPS) is 19.9. The Hall–Kier alpha value is -1.60. The predicted octanol–water partition coefficient (Wildman–Crippen LogP) is 1.68. The molecule has 2 aliphatic rings. The molecular formula is C12H14N2O. The van der Waals surface area contributed by atoms with Crippen molar-refractivity contribution in [1.29, 1.82) is 0 Å². The number of hydrogen-bond acceptors (Lipinski definition) is 2. The van der Waals surface area contributed by atoms with Crippen LogP contribution in [0.2, 0.25) is 0 Å². The van der Waals surface area contributed by atoms with Gasteiger partial charge in [0.25, 0.3) is 5.91 Å². The number of allylic oxidation sites excluding steroid dienone is 2. The monoisotopic (exact) mass is 202 g/mol. The van der Waals surface area contributed by atoms with Crippen molar-refractivity contribution in [1.82, 2.24) is 4.90 Å². The van der Waals surface area contributed by atoms with Crippen LogP contribution in [-0.2, 0) is 4.79 Å². The Morgan fingerprint density at radius 2 is 2.20 bits per heavy atom. The highest BCUT2D eigenvalue weighted by Crippen LogP contribution is 2.28. The molecule has 78 valence electrons. The lowest BCUT2D eigenvalue weighted by atomic mass is 10.1. The van der Waals surface area contributed by atoms with Gasteiger partial charge in [-0.3, -0.25) is 4.79 Å². The first-order valence-electron chi connectivity index (χ1n) is 5.01. The van der Waals surface area contributed by atoms with Crippen LogP contribution in [0.1, 0.15) is 20.8 Å². The summed E-state index contributed by atoms with van der Waals surface area (Å²) in [7, 11) is 0. The van der Waals surface area contributed by atoms with Gasteiger partial charge in [-0.05, 0) is 38.8 Å². The van der Waals surface area contributed by atoms with Gasteiger partial charge in [0, 0.05) is 5.54 Å². The Labute approximate surface area is 89.5 Å². The van der Waals surface area contributed by atoms with Gasteiger partial charge < -0.3 is 4.90 Å². The second-order valence-electron chi connectivity index (χ2n) is 4.69. The minimum Gasteiger partial charge on any atom is -0.328 e. The Morgan fingerprint density at radius 3 is 2.87 bits per heavy atom. The van der Waals surface area contributed by atoms with Gasteiger partial charge in [-0.15, -0.1) is 0 Å². The summed E-state index contributed by atoms with van der Waals surface area (Å²) in [6, 6.07) is 0. The molecule has 0 saturated heterocycles. The van der Waals surface area contributed by atoms with Crippen LogP contribution in [0.3, 0.4) is 0 Å². The SMILES string of the molecule is CC(C)(C)N1CC2=C(C=CC=C=N2)C1=O. The molecule has 0 spiro atoms. The fourth-order valence-electron chi connectivity index (χ4n) is 1.68. The average molecular weight is 202 g/mol. The van der Waals surface area contributed by atoms with Crippen LogP contribution < -0.4 is 0 Å². The Morgan fingerprint density at radius 1 is 1.47 bits per heavy atom. The molecule has 0 aromatic rings. The van der Waals surface area contributed by atoms with Gasteiger partial charge in [0.15, 0.2) is 0 Å². The lowest BCUT2D eigenvalue weighted by Gasteiger charge is -2.31. The van der Waals surface area contributed by atoms with Crippen LogP contribution in [-0.4, -0.2) is 28.8 Å². The van der Waals surface area contributed by atoms with Gasteiger partial charge in [-0.1, -0.05) is 6.08 Å². The van der Waals surface area contributed by atoms with Crippen LogP contribution in [0.4, 0.5) is 0 Å². The van der Waals surface area contributed by atoms with Gasteiger partial charge >= 0.3 is 0 Å². The number of aliphatic imine (C=N–C) groups is 1. The molecule has 3 heteroatoms. The smallest absolute Gasteiger partial charge is 0.256 e. The number of nitrogens with zero attached hydrogens (tertiary/aromatic N) is 2. The predicted molar refractivity (Wildman–Crippen MR) is 59.6 cm³/mol. The zero-order valence-electron chi connectivity index (χ0n) is 9.24. The van der Waals surface area contributed by atoms with Crippen LogP contribution in [0.25, 0.3) is 0 Å². The van der Waals surface area contributed by atoms with Crippen molar-refractivity contribution < 1.29 is 4.79 Å². The molecule has 0 aromatic carbocycles. The van der Waals surface area contributed by atoms with Gasteiger partial charge in [-0.25, -0.2) is 4.99 Å². The Bertz CT molecular complexity index is 429. The fraction of sp³-hybridized carbons (Fsp3) is 0.417. The van der Waals surface area contributed by atoms with Crippen molar-refractivity contribution in [2.24, 2.45) is 4.99 Å². The molecule has 0 fully saturated rings. The van der Waals surface area contributed by atoms with E-state index in [9.17, 15) is 4.79 Å². The van der Waals surface area contributed by atoms with Gasteiger partial charge in [0.2, 0.25) is 0 Å². The summed E-state index contributed by atoms with van der Waals surface area (Å²) in [5.41, 5.74) is 1.36. The number of amides is 1. The fourth-order valence-corrected chi connectivity index (χ4v) is 1.68. The van der Waals surface area contributed by atoms with Crippen molar-refractivity contribution in [3.63, 3.8) is 0 Å². The maximum Gasteiger partial charge on any atom is 0.256 e. The summed E-state index contributed by atoms with van der Waals surface area (Å²) in [5, 5.41) is 0. The van der Waals surface area contributed by atoms with Gasteiger partial charge in [-0.2, -0.15) is 0 Å². The van der Waals surface area contributed by atoms with E-state index in [4.69, 9.17) is 0 Å². The first-order chi connectivity index (χ1) is 7.00. The highest BCUT2D eigenvalue weighted by atomic mass is 16.2. The van der Waals surface area contributed by atoms with Gasteiger partial charge in [0.1, 0.15) is 0 Å². The topological polar surface area (TPSA) is 32.7 Å². The number of rotatable bonds is 0. The lowest BCUT2D eigenvalue weighted by Crippen LogP contribution is -2.43. The third-order valence-corrected chi connectivity index (χ3v) is 2.54. The Balaban J connectivity index is 2.37. The van der Waals surface area contributed by atoms with E-state index in [1.807, 2.05) is 31.7 Å². The van der Waals surface area contributed by atoms with Crippen molar-refractivity contribution in [2.45, 2.75) is 26.3 Å². The molecule has 1 amide bonds. The molecule has 0 atom stereocenters. The minimum absolute atomic E-state index is 0.0644. The first kappa shape index (κ1) is 9.94. The summed E-state index contributed by atoms with van der Waals surface area (Å²) in [6.07, 6.45) is 5.33. The summed E-state index contributed by atoms with van der Waals surface area (Å²) in [6.45, 7) is 6.67. The third kappa shape index (κ3) is 1.66. The van der Waals surface area contributed by atoms with E-state index in [-0.39, 0.29) is 11.4 Å². The second kappa shape index (κ2) is 3.21.